The molecule has 2 aromatic carbocycles. The van der Waals surface area contributed by atoms with Crippen LogP contribution >= 0.6 is 0 Å². The molecule has 0 spiro atoms. The average Bonchev–Trinajstić information content (AvgIpc) is 2.51. The van der Waals surface area contributed by atoms with E-state index in [1.165, 1.54) is 0 Å². The average molecular weight is 280 g/mol. The van der Waals surface area contributed by atoms with Crippen molar-refractivity contribution in [3.63, 3.8) is 0 Å². The Morgan fingerprint density at radius 3 is 2.38 bits per heavy atom. The third-order valence-corrected chi connectivity index (χ3v) is 2.63. The van der Waals surface area contributed by atoms with E-state index in [9.17, 15) is 4.79 Å². The van der Waals surface area contributed by atoms with Crippen LogP contribution < -0.4 is 15.4 Å². The quantitative estimate of drug-likeness (QED) is 0.632. The number of hydrogen-bond donors (Lipinski definition) is 2. The van der Waals surface area contributed by atoms with Gasteiger partial charge < -0.3 is 10.1 Å². The number of carbonyl (C=O) groups is 1. The van der Waals surface area contributed by atoms with Gasteiger partial charge in [-0.05, 0) is 36.4 Å². The highest BCUT2D eigenvalue weighted by molar-refractivity contribution is 5.92. The Kier molecular flexibility index (Phi) is 5.39. The van der Waals surface area contributed by atoms with Gasteiger partial charge >= 0.3 is 0 Å². The third-order valence-electron chi connectivity index (χ3n) is 2.63. The Morgan fingerprint density at radius 1 is 1.05 bits per heavy atom. The van der Waals surface area contributed by atoms with Crippen molar-refractivity contribution >= 4 is 11.6 Å². The molecule has 21 heavy (non-hydrogen) atoms. The maximum absolute atomic E-state index is 11.6. The van der Waals surface area contributed by atoms with Crippen LogP contribution in [0.3, 0.4) is 0 Å². The zero-order chi connectivity index (χ0) is 14.9. The highest BCUT2D eigenvalue weighted by Gasteiger charge is 2.02. The van der Waals surface area contributed by atoms with Crippen LogP contribution in [0.2, 0.25) is 0 Å². The fourth-order valence-electron chi connectivity index (χ4n) is 1.68. The number of rotatable bonds is 6. The van der Waals surface area contributed by atoms with E-state index in [2.05, 4.69) is 16.6 Å². The second-order valence-electron chi connectivity index (χ2n) is 4.30. The van der Waals surface area contributed by atoms with Gasteiger partial charge in [0, 0.05) is 5.69 Å². The molecule has 0 aliphatic carbocycles. The van der Waals surface area contributed by atoms with E-state index in [1.807, 2.05) is 30.3 Å². The Hall–Kier alpha value is -2.77. The third kappa shape index (κ3) is 5.01. The summed E-state index contributed by atoms with van der Waals surface area (Å²) in [7, 11) is 0. The van der Waals surface area contributed by atoms with Crippen molar-refractivity contribution in [2.45, 2.75) is 0 Å². The summed E-state index contributed by atoms with van der Waals surface area (Å²) >= 11 is 0. The van der Waals surface area contributed by atoms with Gasteiger partial charge in [0.05, 0.1) is 13.1 Å². The van der Waals surface area contributed by atoms with Crippen molar-refractivity contribution in [1.29, 1.82) is 0 Å². The maximum atomic E-state index is 11.6. The lowest BCUT2D eigenvalue weighted by Crippen LogP contribution is -2.28. The molecule has 4 nitrogen and oxygen atoms in total. The van der Waals surface area contributed by atoms with Crippen molar-refractivity contribution in [3.05, 3.63) is 54.6 Å². The van der Waals surface area contributed by atoms with Crippen molar-refractivity contribution in [3.8, 4) is 23.8 Å². The van der Waals surface area contributed by atoms with Gasteiger partial charge in [-0.1, -0.05) is 24.1 Å². The first kappa shape index (κ1) is 14.6. The Balaban J connectivity index is 1.87. The molecule has 1 amide bonds. The van der Waals surface area contributed by atoms with Crippen molar-refractivity contribution in [1.82, 2.24) is 5.32 Å². The minimum atomic E-state index is -0.137. The smallest absolute Gasteiger partial charge is 0.238 e. The lowest BCUT2D eigenvalue weighted by atomic mass is 10.3. The standard InChI is InChI=1S/C17H16N2O2/c1-2-12-18-13-17(20)19-14-8-10-16(11-9-14)21-15-6-4-3-5-7-15/h1,3-11,18H,12-13H2,(H,19,20). The number of nitrogens with one attached hydrogen (secondary N) is 2. The van der Waals surface area contributed by atoms with E-state index in [0.29, 0.717) is 18.0 Å². The number of terminal acetylenes is 1. The Morgan fingerprint density at radius 2 is 1.71 bits per heavy atom. The Labute approximate surface area is 124 Å². The van der Waals surface area contributed by atoms with Crippen molar-refractivity contribution in [2.24, 2.45) is 0 Å². The van der Waals surface area contributed by atoms with Crippen LogP contribution in [0.25, 0.3) is 0 Å². The van der Waals surface area contributed by atoms with Crippen LogP contribution in [0, 0.1) is 12.3 Å². The van der Waals surface area contributed by atoms with Gasteiger partial charge in [0.2, 0.25) is 5.91 Å². The number of ether oxygens (including phenoxy) is 1. The van der Waals surface area contributed by atoms with Crippen molar-refractivity contribution in [2.75, 3.05) is 18.4 Å². The molecule has 0 aliphatic rings. The summed E-state index contributed by atoms with van der Waals surface area (Å²) in [5.41, 5.74) is 0.711. The van der Waals surface area contributed by atoms with Crippen LogP contribution in [-0.4, -0.2) is 19.0 Å². The number of anilines is 1. The minimum absolute atomic E-state index is 0.137. The number of amides is 1. The highest BCUT2D eigenvalue weighted by atomic mass is 16.5. The van der Waals surface area contributed by atoms with Gasteiger partial charge in [-0.3, -0.25) is 10.1 Å². The number of hydrogen-bond acceptors (Lipinski definition) is 3. The summed E-state index contributed by atoms with van der Waals surface area (Å²) in [6.45, 7) is 0.559. The van der Waals surface area contributed by atoms with E-state index in [1.54, 1.807) is 24.3 Å². The van der Waals surface area contributed by atoms with E-state index < -0.39 is 0 Å². The SMILES string of the molecule is C#CCNCC(=O)Nc1ccc(Oc2ccccc2)cc1. The van der Waals surface area contributed by atoms with Crippen molar-refractivity contribution < 1.29 is 9.53 Å². The topological polar surface area (TPSA) is 50.4 Å². The Bertz CT molecular complexity index is 615. The normalized spacial score (nSPS) is 9.67. The molecule has 2 rings (SSSR count). The molecule has 0 bridgehead atoms. The zero-order valence-electron chi connectivity index (χ0n) is 11.5. The fraction of sp³-hybridized carbons (Fsp3) is 0.118. The first-order valence-electron chi connectivity index (χ1n) is 6.55. The van der Waals surface area contributed by atoms with Gasteiger partial charge in [0.1, 0.15) is 11.5 Å². The van der Waals surface area contributed by atoms with Crippen LogP contribution in [0.4, 0.5) is 5.69 Å². The number of carbonyl (C=O) groups excluding carboxylic acids is 1. The lowest BCUT2D eigenvalue weighted by Gasteiger charge is -2.08. The van der Waals surface area contributed by atoms with Crippen LogP contribution in [-0.2, 0) is 4.79 Å². The van der Waals surface area contributed by atoms with E-state index in [0.717, 1.165) is 5.75 Å². The first-order valence-corrected chi connectivity index (χ1v) is 6.55. The molecule has 0 unspecified atom stereocenters. The second kappa shape index (κ2) is 7.73. The number of benzene rings is 2. The van der Waals surface area contributed by atoms with Crippen LogP contribution in [0.1, 0.15) is 0 Å². The van der Waals surface area contributed by atoms with Gasteiger partial charge in [-0.15, -0.1) is 6.42 Å². The largest absolute Gasteiger partial charge is 0.457 e. The first-order chi connectivity index (χ1) is 10.3. The van der Waals surface area contributed by atoms with E-state index in [-0.39, 0.29) is 12.5 Å². The summed E-state index contributed by atoms with van der Waals surface area (Å²) in [5, 5.41) is 5.59. The molecular weight excluding hydrogens is 264 g/mol. The van der Waals surface area contributed by atoms with E-state index >= 15 is 0 Å². The summed E-state index contributed by atoms with van der Waals surface area (Å²) < 4.78 is 5.67. The minimum Gasteiger partial charge on any atom is -0.457 e. The molecule has 0 radical (unpaired) electrons. The zero-order valence-corrected chi connectivity index (χ0v) is 11.5. The molecule has 2 aromatic rings. The molecule has 0 atom stereocenters. The molecule has 2 N–H and O–H groups in total. The van der Waals surface area contributed by atoms with Gasteiger partial charge in [-0.25, -0.2) is 0 Å². The van der Waals surface area contributed by atoms with Gasteiger partial charge in [-0.2, -0.15) is 0 Å². The molecule has 0 aliphatic heterocycles. The molecule has 0 fully saturated rings. The molecule has 0 aromatic heterocycles. The molecule has 0 saturated heterocycles. The number of para-hydroxylation sites is 1. The maximum Gasteiger partial charge on any atom is 0.238 e. The van der Waals surface area contributed by atoms with Gasteiger partial charge in [0.15, 0.2) is 0 Å². The molecule has 0 saturated carbocycles. The molecule has 106 valence electrons. The summed E-state index contributed by atoms with van der Waals surface area (Å²) in [6, 6.07) is 16.7. The van der Waals surface area contributed by atoms with Gasteiger partial charge in [0.25, 0.3) is 0 Å². The highest BCUT2D eigenvalue weighted by Crippen LogP contribution is 2.22. The summed E-state index contributed by atoms with van der Waals surface area (Å²) in [5.74, 6) is 3.76. The van der Waals surface area contributed by atoms with Crippen LogP contribution in [0.5, 0.6) is 11.5 Å². The monoisotopic (exact) mass is 280 g/mol. The predicted molar refractivity (Wildman–Crippen MR) is 83.3 cm³/mol. The summed E-state index contributed by atoms with van der Waals surface area (Å²) in [6.07, 6.45) is 5.09. The van der Waals surface area contributed by atoms with Crippen LogP contribution in [0.15, 0.2) is 54.6 Å². The lowest BCUT2D eigenvalue weighted by molar-refractivity contribution is -0.115. The predicted octanol–water partition coefficient (Wildman–Crippen LogP) is 2.64. The molecule has 4 heteroatoms. The fourth-order valence-corrected chi connectivity index (χ4v) is 1.68. The molecule has 0 heterocycles. The second-order valence-corrected chi connectivity index (χ2v) is 4.30. The molecular formula is C17H16N2O2. The van der Waals surface area contributed by atoms with E-state index in [4.69, 9.17) is 11.2 Å². The summed E-state index contributed by atoms with van der Waals surface area (Å²) in [4.78, 5) is 11.6.